The van der Waals surface area contributed by atoms with Gasteiger partial charge in [0.25, 0.3) is 0 Å². The number of hydrogen-bond donors (Lipinski definition) is 3. The molecule has 2 heterocycles. The topological polar surface area (TPSA) is 64.6 Å². The van der Waals surface area contributed by atoms with Gasteiger partial charge in [0.2, 0.25) is 5.91 Å². The van der Waals surface area contributed by atoms with Gasteiger partial charge in [-0.15, -0.1) is 24.8 Å². The zero-order valence-corrected chi connectivity index (χ0v) is 13.6. The molecule has 0 aliphatic carbocycles. The summed E-state index contributed by atoms with van der Waals surface area (Å²) in [4.78, 5) is 14.2. The molecule has 2 aliphatic heterocycles. The Kier molecular flexibility index (Phi) is 9.76. The first-order valence-electron chi connectivity index (χ1n) is 7.06. The van der Waals surface area contributed by atoms with Crippen LogP contribution in [0.15, 0.2) is 0 Å². The third-order valence-electron chi connectivity index (χ3n) is 4.03. The number of β-amino-alcohol motifs (C(OH)–C–C–N with tert-alkyl or cyclic N) is 1. The summed E-state index contributed by atoms with van der Waals surface area (Å²) in [7, 11) is 0. The normalized spacial score (nSPS) is 27.5. The van der Waals surface area contributed by atoms with Crippen molar-refractivity contribution in [3.8, 4) is 0 Å². The fraction of sp³-hybridized carbons (Fsp3) is 0.923. The summed E-state index contributed by atoms with van der Waals surface area (Å²) < 4.78 is 0. The summed E-state index contributed by atoms with van der Waals surface area (Å²) >= 11 is 0. The molecule has 2 atom stereocenters. The van der Waals surface area contributed by atoms with Crippen molar-refractivity contribution >= 4 is 30.7 Å². The molecule has 2 rings (SSSR count). The molecule has 5 nitrogen and oxygen atoms in total. The lowest BCUT2D eigenvalue weighted by Crippen LogP contribution is -2.44. The van der Waals surface area contributed by atoms with Gasteiger partial charge in [-0.05, 0) is 38.3 Å². The van der Waals surface area contributed by atoms with E-state index in [9.17, 15) is 9.90 Å². The third kappa shape index (κ3) is 6.14. The number of aliphatic hydroxyl groups is 1. The number of halogens is 2. The molecule has 2 unspecified atom stereocenters. The molecule has 0 radical (unpaired) electrons. The van der Waals surface area contributed by atoms with Gasteiger partial charge in [0, 0.05) is 19.6 Å². The Balaban J connectivity index is 0.00000180. The van der Waals surface area contributed by atoms with Gasteiger partial charge in [0.1, 0.15) is 0 Å². The van der Waals surface area contributed by atoms with Crippen molar-refractivity contribution in [3.05, 3.63) is 0 Å². The van der Waals surface area contributed by atoms with Gasteiger partial charge >= 0.3 is 0 Å². The molecule has 0 bridgehead atoms. The molecule has 3 N–H and O–H groups in total. The largest absolute Gasteiger partial charge is 0.392 e. The van der Waals surface area contributed by atoms with Crippen LogP contribution in [0.4, 0.5) is 0 Å². The SMILES string of the molecule is CC1CCN(CCNC(=O)C2CC(O)CN2)CC1.Cl.Cl. The quantitative estimate of drug-likeness (QED) is 0.699. The predicted molar refractivity (Wildman–Crippen MR) is 84.8 cm³/mol. The summed E-state index contributed by atoms with van der Waals surface area (Å²) in [6.45, 7) is 6.78. The van der Waals surface area contributed by atoms with Crippen LogP contribution in [0.25, 0.3) is 0 Å². The summed E-state index contributed by atoms with van der Waals surface area (Å²) in [6.07, 6.45) is 2.70. The Hall–Kier alpha value is -0.0700. The van der Waals surface area contributed by atoms with E-state index in [0.717, 1.165) is 25.6 Å². The van der Waals surface area contributed by atoms with Gasteiger partial charge in [0.15, 0.2) is 0 Å². The zero-order valence-electron chi connectivity index (χ0n) is 12.0. The molecule has 2 aliphatic rings. The van der Waals surface area contributed by atoms with Gasteiger partial charge in [-0.3, -0.25) is 4.79 Å². The Morgan fingerprint density at radius 3 is 2.55 bits per heavy atom. The highest BCUT2D eigenvalue weighted by Gasteiger charge is 2.27. The van der Waals surface area contributed by atoms with Crippen molar-refractivity contribution in [2.45, 2.75) is 38.3 Å². The van der Waals surface area contributed by atoms with E-state index < -0.39 is 0 Å². The molecule has 0 aromatic heterocycles. The molecule has 7 heteroatoms. The van der Waals surface area contributed by atoms with E-state index in [1.54, 1.807) is 0 Å². The predicted octanol–water partition coefficient (Wildman–Crippen LogP) is 0.401. The molecule has 0 aromatic rings. The number of carbonyl (C=O) groups excluding carboxylic acids is 1. The average Bonchev–Trinajstić information content (AvgIpc) is 2.78. The van der Waals surface area contributed by atoms with Crippen molar-refractivity contribution < 1.29 is 9.90 Å². The fourth-order valence-electron chi connectivity index (χ4n) is 2.66. The van der Waals surface area contributed by atoms with Crippen LogP contribution in [0.2, 0.25) is 0 Å². The highest BCUT2D eigenvalue weighted by Crippen LogP contribution is 2.15. The first-order valence-corrected chi connectivity index (χ1v) is 7.06. The lowest BCUT2D eigenvalue weighted by atomic mass is 9.99. The Bertz CT molecular complexity index is 287. The Morgan fingerprint density at radius 1 is 1.35 bits per heavy atom. The molecule has 2 saturated heterocycles. The lowest BCUT2D eigenvalue weighted by molar-refractivity contribution is -0.123. The first-order chi connectivity index (χ1) is 8.65. The van der Waals surface area contributed by atoms with Crippen molar-refractivity contribution in [2.75, 3.05) is 32.7 Å². The molecule has 1 amide bonds. The molecule has 2 fully saturated rings. The number of nitrogens with zero attached hydrogens (tertiary/aromatic N) is 1. The highest BCUT2D eigenvalue weighted by atomic mass is 35.5. The van der Waals surface area contributed by atoms with E-state index in [1.807, 2.05) is 0 Å². The number of rotatable bonds is 4. The Labute approximate surface area is 133 Å². The maximum Gasteiger partial charge on any atom is 0.237 e. The van der Waals surface area contributed by atoms with Crippen molar-refractivity contribution in [2.24, 2.45) is 5.92 Å². The second-order valence-corrected chi connectivity index (χ2v) is 5.67. The van der Waals surface area contributed by atoms with Gasteiger partial charge < -0.3 is 20.6 Å². The molecule has 120 valence electrons. The van der Waals surface area contributed by atoms with Crippen molar-refractivity contribution in [3.63, 3.8) is 0 Å². The standard InChI is InChI=1S/C13H25N3O2.2ClH/c1-10-2-5-16(6-3-10)7-4-14-13(18)12-8-11(17)9-15-12;;/h10-12,15,17H,2-9H2,1H3,(H,14,18);2*1H. The summed E-state index contributed by atoms with van der Waals surface area (Å²) in [5, 5.41) is 15.3. The van der Waals surface area contributed by atoms with Crippen LogP contribution < -0.4 is 10.6 Å². The number of amides is 1. The number of likely N-dealkylation sites (tertiary alicyclic amines) is 1. The van der Waals surface area contributed by atoms with Crippen molar-refractivity contribution in [1.82, 2.24) is 15.5 Å². The number of nitrogens with one attached hydrogen (secondary N) is 2. The molecule has 0 aromatic carbocycles. The minimum absolute atomic E-state index is 0. The minimum atomic E-state index is -0.371. The van der Waals surface area contributed by atoms with E-state index in [4.69, 9.17) is 0 Å². The number of aliphatic hydroxyl groups excluding tert-OH is 1. The Morgan fingerprint density at radius 2 is 2.00 bits per heavy atom. The average molecular weight is 328 g/mol. The van der Waals surface area contributed by atoms with Gasteiger partial charge in [-0.2, -0.15) is 0 Å². The van der Waals surface area contributed by atoms with Crippen LogP contribution in [0.3, 0.4) is 0 Å². The minimum Gasteiger partial charge on any atom is -0.392 e. The van der Waals surface area contributed by atoms with Crippen LogP contribution in [0, 0.1) is 5.92 Å². The lowest BCUT2D eigenvalue weighted by Gasteiger charge is -2.30. The summed E-state index contributed by atoms with van der Waals surface area (Å²) in [6, 6.07) is -0.207. The number of piperidine rings is 1. The van der Waals surface area contributed by atoms with E-state index in [0.29, 0.717) is 19.5 Å². The summed E-state index contributed by atoms with van der Waals surface area (Å²) in [5.41, 5.74) is 0. The molecular weight excluding hydrogens is 301 g/mol. The molecule has 0 saturated carbocycles. The highest BCUT2D eigenvalue weighted by molar-refractivity contribution is 5.85. The second-order valence-electron chi connectivity index (χ2n) is 5.67. The molecule has 20 heavy (non-hydrogen) atoms. The smallest absolute Gasteiger partial charge is 0.237 e. The molecule has 0 spiro atoms. The third-order valence-corrected chi connectivity index (χ3v) is 4.03. The fourth-order valence-corrected chi connectivity index (χ4v) is 2.66. The van der Waals surface area contributed by atoms with E-state index in [-0.39, 0.29) is 42.9 Å². The van der Waals surface area contributed by atoms with Crippen LogP contribution in [-0.4, -0.2) is 60.8 Å². The summed E-state index contributed by atoms with van der Waals surface area (Å²) in [5.74, 6) is 0.872. The van der Waals surface area contributed by atoms with Gasteiger partial charge in [-0.25, -0.2) is 0 Å². The number of carbonyl (C=O) groups is 1. The van der Waals surface area contributed by atoms with Gasteiger partial charge in [0.05, 0.1) is 12.1 Å². The number of hydrogen-bond acceptors (Lipinski definition) is 4. The van der Waals surface area contributed by atoms with Crippen LogP contribution in [0.1, 0.15) is 26.2 Å². The monoisotopic (exact) mass is 327 g/mol. The van der Waals surface area contributed by atoms with Gasteiger partial charge in [-0.1, -0.05) is 6.92 Å². The van der Waals surface area contributed by atoms with E-state index in [2.05, 4.69) is 22.5 Å². The maximum absolute atomic E-state index is 11.8. The first kappa shape index (κ1) is 19.9. The molecular formula is C13H27Cl2N3O2. The van der Waals surface area contributed by atoms with Crippen molar-refractivity contribution in [1.29, 1.82) is 0 Å². The maximum atomic E-state index is 11.8. The van der Waals surface area contributed by atoms with E-state index >= 15 is 0 Å². The van der Waals surface area contributed by atoms with E-state index in [1.165, 1.54) is 12.8 Å². The second kappa shape index (κ2) is 9.79. The van der Waals surface area contributed by atoms with Crippen LogP contribution in [0.5, 0.6) is 0 Å². The van der Waals surface area contributed by atoms with Crippen LogP contribution >= 0.6 is 24.8 Å². The zero-order chi connectivity index (χ0) is 13.0. The van der Waals surface area contributed by atoms with Crippen LogP contribution in [-0.2, 0) is 4.79 Å².